The van der Waals surface area contributed by atoms with Gasteiger partial charge in [0, 0.05) is 60.3 Å². The van der Waals surface area contributed by atoms with Crippen LogP contribution in [0, 0.1) is 11.6 Å². The van der Waals surface area contributed by atoms with Crippen molar-refractivity contribution < 1.29 is 8.78 Å². The Bertz CT molecular complexity index is 1070. The number of nitrogens with one attached hydrogen (secondary N) is 2. The van der Waals surface area contributed by atoms with Gasteiger partial charge < -0.3 is 15.2 Å². The van der Waals surface area contributed by atoms with Gasteiger partial charge in [-0.3, -0.25) is 0 Å². The molecule has 0 unspecified atom stereocenters. The van der Waals surface area contributed by atoms with E-state index in [0.29, 0.717) is 17.8 Å². The zero-order valence-electron chi connectivity index (χ0n) is 14.4. The molecular formula is C20H18F2N4. The number of aromatic amines is 1. The number of pyridine rings is 1. The molecule has 3 aromatic rings. The molecular weight excluding hydrogens is 334 g/mol. The first kappa shape index (κ1) is 15.5. The van der Waals surface area contributed by atoms with Gasteiger partial charge in [-0.2, -0.15) is 0 Å². The molecule has 2 aliphatic heterocycles. The number of nitrogens with zero attached hydrogens (tertiary/aromatic N) is 2. The van der Waals surface area contributed by atoms with E-state index >= 15 is 0 Å². The summed E-state index contributed by atoms with van der Waals surface area (Å²) in [4.78, 5) is 9.94. The highest BCUT2D eigenvalue weighted by Crippen LogP contribution is 2.43. The molecule has 5 rings (SSSR count). The number of hydrogen-bond donors (Lipinski definition) is 2. The van der Waals surface area contributed by atoms with Crippen LogP contribution in [0.1, 0.15) is 17.7 Å². The molecule has 2 N–H and O–H groups in total. The quantitative estimate of drug-likeness (QED) is 0.699. The third-order valence-corrected chi connectivity index (χ3v) is 5.32. The van der Waals surface area contributed by atoms with Crippen LogP contribution in [0.15, 0.2) is 30.5 Å². The molecule has 0 aliphatic carbocycles. The number of aromatic nitrogens is 2. The fourth-order valence-corrected chi connectivity index (χ4v) is 4.08. The number of anilines is 1. The minimum absolute atomic E-state index is 0.608. The van der Waals surface area contributed by atoms with E-state index in [4.69, 9.17) is 0 Å². The van der Waals surface area contributed by atoms with E-state index in [0.717, 1.165) is 47.4 Å². The molecule has 0 saturated heterocycles. The number of fused-ring (bicyclic) bond motifs is 2. The molecule has 132 valence electrons. The highest BCUT2D eigenvalue weighted by molar-refractivity contribution is 6.02. The van der Waals surface area contributed by atoms with Gasteiger partial charge in [0.1, 0.15) is 5.65 Å². The highest BCUT2D eigenvalue weighted by Gasteiger charge is 2.26. The summed E-state index contributed by atoms with van der Waals surface area (Å²) in [5.74, 6) is -1.65. The fraction of sp³-hybridized carbons (Fsp3) is 0.250. The first-order chi connectivity index (χ1) is 12.6. The Kier molecular flexibility index (Phi) is 3.37. The van der Waals surface area contributed by atoms with E-state index in [1.54, 1.807) is 6.20 Å². The maximum atomic E-state index is 14.0. The Morgan fingerprint density at radius 3 is 2.81 bits per heavy atom. The Hall–Kier alpha value is -2.73. The summed E-state index contributed by atoms with van der Waals surface area (Å²) < 4.78 is 27.9. The number of hydrogen-bond acceptors (Lipinski definition) is 3. The fourth-order valence-electron chi connectivity index (χ4n) is 4.08. The van der Waals surface area contributed by atoms with Crippen LogP contribution in [0.3, 0.4) is 0 Å². The second-order valence-corrected chi connectivity index (χ2v) is 6.88. The number of rotatable bonds is 1. The Morgan fingerprint density at radius 2 is 2.00 bits per heavy atom. The molecule has 4 nitrogen and oxygen atoms in total. The molecule has 2 aromatic heterocycles. The lowest BCUT2D eigenvalue weighted by atomic mass is 9.98. The first-order valence-electron chi connectivity index (χ1n) is 8.73. The predicted molar refractivity (Wildman–Crippen MR) is 99.0 cm³/mol. The van der Waals surface area contributed by atoms with Crippen LogP contribution < -0.4 is 10.2 Å². The van der Waals surface area contributed by atoms with Crippen LogP contribution in [0.2, 0.25) is 0 Å². The van der Waals surface area contributed by atoms with Crippen LogP contribution >= 0.6 is 0 Å². The lowest BCUT2D eigenvalue weighted by molar-refractivity contribution is 0.509. The molecule has 0 radical (unpaired) electrons. The summed E-state index contributed by atoms with van der Waals surface area (Å²) in [5, 5.41) is 4.33. The first-order valence-corrected chi connectivity index (χ1v) is 8.73. The summed E-state index contributed by atoms with van der Waals surface area (Å²) in [6, 6.07) is 4.47. The zero-order valence-corrected chi connectivity index (χ0v) is 14.4. The topological polar surface area (TPSA) is 44.0 Å². The normalized spacial score (nSPS) is 16.4. The summed E-state index contributed by atoms with van der Waals surface area (Å²) in [5.41, 5.74) is 6.55. The Morgan fingerprint density at radius 1 is 1.15 bits per heavy atom. The summed E-state index contributed by atoms with van der Waals surface area (Å²) in [6.07, 6.45) is 4.85. The Balaban J connectivity index is 1.82. The van der Waals surface area contributed by atoms with Gasteiger partial charge in [-0.1, -0.05) is 6.08 Å². The van der Waals surface area contributed by atoms with E-state index in [1.807, 2.05) is 18.0 Å². The highest BCUT2D eigenvalue weighted by atomic mass is 19.2. The summed E-state index contributed by atoms with van der Waals surface area (Å²) >= 11 is 0. The van der Waals surface area contributed by atoms with Gasteiger partial charge in [0.2, 0.25) is 0 Å². The van der Waals surface area contributed by atoms with Crippen molar-refractivity contribution in [3.05, 3.63) is 53.4 Å². The van der Waals surface area contributed by atoms with Crippen molar-refractivity contribution in [2.75, 3.05) is 25.0 Å². The van der Waals surface area contributed by atoms with Gasteiger partial charge in [0.05, 0.1) is 0 Å². The minimum Gasteiger partial charge on any atom is -0.370 e. The SMILES string of the molecule is CN1Cc2c(C3=CCNCC3)[nH]c3nccc(c23)-c2cc(F)c(F)cc21. The maximum absolute atomic E-state index is 14.0. The molecule has 0 bridgehead atoms. The van der Waals surface area contributed by atoms with Crippen LogP contribution in [-0.2, 0) is 6.54 Å². The Labute approximate surface area is 149 Å². The zero-order chi connectivity index (χ0) is 17.8. The molecule has 26 heavy (non-hydrogen) atoms. The van der Waals surface area contributed by atoms with Gasteiger partial charge in [-0.15, -0.1) is 0 Å². The number of benzene rings is 1. The lowest BCUT2D eigenvalue weighted by Gasteiger charge is -2.21. The minimum atomic E-state index is -0.831. The average Bonchev–Trinajstić information content (AvgIpc) is 2.97. The predicted octanol–water partition coefficient (Wildman–Crippen LogP) is 3.83. The molecule has 0 spiro atoms. The third-order valence-electron chi connectivity index (χ3n) is 5.32. The van der Waals surface area contributed by atoms with E-state index in [-0.39, 0.29) is 0 Å². The monoisotopic (exact) mass is 352 g/mol. The number of H-pyrrole nitrogens is 1. The maximum Gasteiger partial charge on any atom is 0.160 e. The summed E-state index contributed by atoms with van der Waals surface area (Å²) in [7, 11) is 1.91. The average molecular weight is 352 g/mol. The van der Waals surface area contributed by atoms with E-state index in [2.05, 4.69) is 21.4 Å². The van der Waals surface area contributed by atoms with Gasteiger partial charge >= 0.3 is 0 Å². The molecule has 0 amide bonds. The molecule has 0 fully saturated rings. The standard InChI is InChI=1S/C20H18F2N4/c1-26-10-14-18-12(13-8-15(21)16(22)9-17(13)26)4-7-24-20(18)25-19(14)11-2-5-23-6-3-11/h2,4,7-9,23H,3,5-6,10H2,1H3,(H,24,25). The van der Waals surface area contributed by atoms with Crippen LogP contribution in [-0.4, -0.2) is 30.1 Å². The van der Waals surface area contributed by atoms with Crippen molar-refractivity contribution >= 4 is 22.3 Å². The van der Waals surface area contributed by atoms with Crippen molar-refractivity contribution in [3.63, 3.8) is 0 Å². The van der Waals surface area contributed by atoms with Crippen molar-refractivity contribution in [1.82, 2.24) is 15.3 Å². The van der Waals surface area contributed by atoms with Gasteiger partial charge in [-0.25, -0.2) is 13.8 Å². The van der Waals surface area contributed by atoms with Crippen molar-refractivity contribution in [1.29, 1.82) is 0 Å². The van der Waals surface area contributed by atoms with Crippen molar-refractivity contribution in [2.45, 2.75) is 13.0 Å². The second kappa shape index (κ2) is 5.64. The summed E-state index contributed by atoms with van der Waals surface area (Å²) in [6.45, 7) is 2.39. The molecule has 1 aromatic carbocycles. The second-order valence-electron chi connectivity index (χ2n) is 6.88. The van der Waals surface area contributed by atoms with Gasteiger partial charge in [-0.05, 0) is 36.2 Å². The van der Waals surface area contributed by atoms with Crippen molar-refractivity contribution in [3.8, 4) is 11.1 Å². The van der Waals surface area contributed by atoms with E-state index < -0.39 is 11.6 Å². The van der Waals surface area contributed by atoms with Crippen molar-refractivity contribution in [2.24, 2.45) is 0 Å². The van der Waals surface area contributed by atoms with Gasteiger partial charge in [0.25, 0.3) is 0 Å². The van der Waals surface area contributed by atoms with Crippen LogP contribution in [0.5, 0.6) is 0 Å². The molecule has 6 heteroatoms. The smallest absolute Gasteiger partial charge is 0.160 e. The third kappa shape index (κ3) is 2.18. The van der Waals surface area contributed by atoms with E-state index in [1.165, 1.54) is 17.7 Å². The molecule has 2 aliphatic rings. The molecule has 4 heterocycles. The lowest BCUT2D eigenvalue weighted by Crippen LogP contribution is -2.21. The van der Waals surface area contributed by atoms with Gasteiger partial charge in [0.15, 0.2) is 11.6 Å². The molecule has 0 saturated carbocycles. The van der Waals surface area contributed by atoms with Crippen LogP contribution in [0.4, 0.5) is 14.5 Å². The van der Waals surface area contributed by atoms with E-state index in [9.17, 15) is 8.78 Å². The number of halogens is 2. The largest absolute Gasteiger partial charge is 0.370 e. The van der Waals surface area contributed by atoms with Crippen LogP contribution in [0.25, 0.3) is 27.7 Å². The molecule has 0 atom stereocenters.